The van der Waals surface area contributed by atoms with Crippen molar-refractivity contribution in [3.63, 3.8) is 0 Å². The van der Waals surface area contributed by atoms with Crippen LogP contribution in [0.1, 0.15) is 46.1 Å². The molecule has 1 aliphatic heterocycles. The maximum atomic E-state index is 13.5. The van der Waals surface area contributed by atoms with Crippen LogP contribution < -0.4 is 10.6 Å². The van der Waals surface area contributed by atoms with Crippen LogP contribution in [0.3, 0.4) is 0 Å². The maximum Gasteiger partial charge on any atom is 0.217 e. The van der Waals surface area contributed by atoms with Gasteiger partial charge in [-0.15, -0.1) is 0 Å². The van der Waals surface area contributed by atoms with Gasteiger partial charge in [0.15, 0.2) is 6.29 Å². The number of rotatable bonds is 10. The molecule has 1 heterocycles. The highest BCUT2D eigenvalue weighted by molar-refractivity contribution is 5.73. The largest absolute Gasteiger partial charge is 0.389 e. The minimum absolute atomic E-state index is 0.0607. The van der Waals surface area contributed by atoms with Crippen molar-refractivity contribution in [1.82, 2.24) is 10.6 Å². The number of ether oxygens (including phenoxy) is 2. The fourth-order valence-electron chi connectivity index (χ4n) is 3.75. The first-order valence-electron chi connectivity index (χ1n) is 10.5. The average molecular weight is 429 g/mol. The zero-order valence-electron chi connectivity index (χ0n) is 18.2. The van der Waals surface area contributed by atoms with Crippen LogP contribution in [0.25, 0.3) is 0 Å². The predicted octanol–water partition coefficient (Wildman–Crippen LogP) is 2.53. The van der Waals surface area contributed by atoms with Crippen LogP contribution in [0.2, 0.25) is 0 Å². The molecule has 0 radical (unpaired) electrons. The van der Waals surface area contributed by atoms with E-state index in [1.54, 1.807) is 0 Å². The van der Waals surface area contributed by atoms with Crippen LogP contribution in [-0.2, 0) is 20.7 Å². The third-order valence-electron chi connectivity index (χ3n) is 5.19. The van der Waals surface area contributed by atoms with Gasteiger partial charge < -0.3 is 25.2 Å². The fraction of sp³-hybridized carbons (Fsp3) is 0.682. The summed E-state index contributed by atoms with van der Waals surface area (Å²) in [6.45, 7) is 8.91. The number of aliphatic hydroxyl groups excluding tert-OH is 1. The molecule has 1 amide bonds. The molecule has 1 aromatic carbocycles. The Kier molecular flexibility index (Phi) is 9.15. The first-order chi connectivity index (χ1) is 14.1. The topological polar surface area (TPSA) is 79.8 Å². The van der Waals surface area contributed by atoms with Crippen LogP contribution >= 0.6 is 0 Å². The van der Waals surface area contributed by atoms with Gasteiger partial charge in [-0.3, -0.25) is 4.79 Å². The quantitative estimate of drug-likeness (QED) is 0.534. The van der Waals surface area contributed by atoms with E-state index >= 15 is 0 Å². The summed E-state index contributed by atoms with van der Waals surface area (Å²) < 4.78 is 38.6. The second-order valence-electron chi connectivity index (χ2n) is 8.78. The van der Waals surface area contributed by atoms with Crippen LogP contribution in [0.15, 0.2) is 18.2 Å². The van der Waals surface area contributed by atoms with Crippen molar-refractivity contribution in [2.75, 3.05) is 19.8 Å². The molecule has 1 fully saturated rings. The molecule has 0 unspecified atom stereocenters. The Morgan fingerprint density at radius 1 is 1.37 bits per heavy atom. The van der Waals surface area contributed by atoms with Crippen molar-refractivity contribution in [1.29, 1.82) is 0 Å². The molecule has 0 spiro atoms. The molecule has 0 bridgehead atoms. The van der Waals surface area contributed by atoms with Gasteiger partial charge in [0.25, 0.3) is 0 Å². The number of halogens is 2. The van der Waals surface area contributed by atoms with E-state index in [9.17, 15) is 18.7 Å². The second-order valence-corrected chi connectivity index (χ2v) is 8.78. The van der Waals surface area contributed by atoms with Gasteiger partial charge >= 0.3 is 0 Å². The summed E-state index contributed by atoms with van der Waals surface area (Å²) in [5.74, 6) is -1.75. The summed E-state index contributed by atoms with van der Waals surface area (Å²) in [7, 11) is 0. The monoisotopic (exact) mass is 428 g/mol. The lowest BCUT2D eigenvalue weighted by Gasteiger charge is -2.37. The standard InChI is InChI=1S/C22H34F2N2O4/c1-5-6-22(3,4)13-30-20-11-25-19(12-29-20)21(28)18(26-14(2)27)9-15-7-16(23)10-17(24)8-15/h7-8,10,18-21,25,28H,5-6,9,11-13H2,1-4H3,(H,26,27)/t18-,19+,20-,21-/m0/s1. The van der Waals surface area contributed by atoms with Gasteiger partial charge in [0.2, 0.25) is 5.91 Å². The van der Waals surface area contributed by atoms with Crippen LogP contribution in [-0.4, -0.2) is 55.2 Å². The molecule has 0 aliphatic carbocycles. The van der Waals surface area contributed by atoms with Gasteiger partial charge in [0, 0.05) is 19.5 Å². The summed E-state index contributed by atoms with van der Waals surface area (Å²) in [6, 6.07) is 1.98. The lowest BCUT2D eigenvalue weighted by Crippen LogP contribution is -2.59. The van der Waals surface area contributed by atoms with E-state index in [4.69, 9.17) is 9.47 Å². The summed E-state index contributed by atoms with van der Waals surface area (Å²) in [4.78, 5) is 11.6. The van der Waals surface area contributed by atoms with E-state index in [1.165, 1.54) is 19.1 Å². The normalized spacial score (nSPS) is 21.8. The number of hydrogen-bond acceptors (Lipinski definition) is 5. The fourth-order valence-corrected chi connectivity index (χ4v) is 3.75. The van der Waals surface area contributed by atoms with Crippen LogP contribution in [0.5, 0.6) is 0 Å². The van der Waals surface area contributed by atoms with Crippen molar-refractivity contribution in [3.05, 3.63) is 35.4 Å². The Bertz CT molecular complexity index is 673. The first kappa shape index (κ1) is 24.7. The van der Waals surface area contributed by atoms with Gasteiger partial charge in [-0.05, 0) is 36.0 Å². The highest BCUT2D eigenvalue weighted by Crippen LogP contribution is 2.23. The van der Waals surface area contributed by atoms with Gasteiger partial charge in [-0.25, -0.2) is 8.78 Å². The molecular formula is C22H34F2N2O4. The molecular weight excluding hydrogens is 394 g/mol. The number of morpholine rings is 1. The first-order valence-corrected chi connectivity index (χ1v) is 10.5. The molecule has 4 atom stereocenters. The SMILES string of the molecule is CCCC(C)(C)CO[C@H]1CN[C@@H]([C@@H](O)[C@H](Cc2cc(F)cc(F)c2)NC(C)=O)CO1. The summed E-state index contributed by atoms with van der Waals surface area (Å²) in [6.07, 6.45) is 0.777. The molecule has 8 heteroatoms. The van der Waals surface area contributed by atoms with Crippen molar-refractivity contribution < 1.29 is 28.2 Å². The molecule has 6 nitrogen and oxygen atoms in total. The maximum absolute atomic E-state index is 13.5. The van der Waals surface area contributed by atoms with Gasteiger partial charge in [0.05, 0.1) is 31.4 Å². The number of hydrogen-bond donors (Lipinski definition) is 3. The lowest BCUT2D eigenvalue weighted by atomic mass is 9.89. The highest BCUT2D eigenvalue weighted by atomic mass is 19.1. The van der Waals surface area contributed by atoms with Crippen LogP contribution in [0.4, 0.5) is 8.78 Å². The van der Waals surface area contributed by atoms with Crippen molar-refractivity contribution in [2.24, 2.45) is 5.41 Å². The Balaban J connectivity index is 1.93. The van der Waals surface area contributed by atoms with E-state index in [1.807, 2.05) is 0 Å². The molecule has 2 rings (SSSR count). The number of benzene rings is 1. The van der Waals surface area contributed by atoms with E-state index in [0.717, 1.165) is 18.9 Å². The molecule has 1 aliphatic rings. The Hall–Kier alpha value is -1.61. The molecule has 1 aromatic rings. The number of carbonyl (C=O) groups is 1. The lowest BCUT2D eigenvalue weighted by molar-refractivity contribution is -0.184. The molecule has 0 aromatic heterocycles. The Labute approximate surface area is 177 Å². The third-order valence-corrected chi connectivity index (χ3v) is 5.19. The highest BCUT2D eigenvalue weighted by Gasteiger charge is 2.33. The predicted molar refractivity (Wildman–Crippen MR) is 110 cm³/mol. The van der Waals surface area contributed by atoms with E-state index in [0.29, 0.717) is 18.7 Å². The zero-order chi connectivity index (χ0) is 22.3. The van der Waals surface area contributed by atoms with Crippen molar-refractivity contribution in [2.45, 2.75) is 71.4 Å². The molecule has 0 saturated carbocycles. The van der Waals surface area contributed by atoms with Crippen molar-refractivity contribution in [3.8, 4) is 0 Å². The van der Waals surface area contributed by atoms with Gasteiger partial charge in [-0.2, -0.15) is 0 Å². The van der Waals surface area contributed by atoms with E-state index in [2.05, 4.69) is 31.4 Å². The third kappa shape index (κ3) is 7.91. The minimum atomic E-state index is -1.02. The second kappa shape index (κ2) is 11.1. The Morgan fingerprint density at radius 3 is 2.57 bits per heavy atom. The average Bonchev–Trinajstić information content (AvgIpc) is 2.64. The minimum Gasteiger partial charge on any atom is -0.389 e. The van der Waals surface area contributed by atoms with Gasteiger partial charge in [-0.1, -0.05) is 27.2 Å². The Morgan fingerprint density at radius 2 is 2.03 bits per heavy atom. The summed E-state index contributed by atoms with van der Waals surface area (Å²) in [5.41, 5.74) is 0.409. The van der Waals surface area contributed by atoms with E-state index in [-0.39, 0.29) is 24.3 Å². The summed E-state index contributed by atoms with van der Waals surface area (Å²) >= 11 is 0. The van der Waals surface area contributed by atoms with Gasteiger partial charge in [0.1, 0.15) is 11.6 Å². The van der Waals surface area contributed by atoms with Crippen LogP contribution in [0, 0.1) is 17.0 Å². The number of aliphatic hydroxyl groups is 1. The van der Waals surface area contributed by atoms with E-state index < -0.39 is 36.1 Å². The number of amides is 1. The molecule has 3 N–H and O–H groups in total. The van der Waals surface area contributed by atoms with Crippen molar-refractivity contribution >= 4 is 5.91 Å². The smallest absolute Gasteiger partial charge is 0.217 e. The number of carbonyl (C=O) groups excluding carboxylic acids is 1. The molecule has 30 heavy (non-hydrogen) atoms. The summed E-state index contributed by atoms with van der Waals surface area (Å²) in [5, 5.41) is 16.7. The zero-order valence-corrected chi connectivity index (χ0v) is 18.2. The molecule has 1 saturated heterocycles. The number of nitrogens with one attached hydrogen (secondary N) is 2. The molecule has 170 valence electrons.